The minimum absolute atomic E-state index is 0.0699. The number of primary amides is 1. The van der Waals surface area contributed by atoms with Gasteiger partial charge in [0.1, 0.15) is 11.6 Å². The number of nitrogens with zero attached hydrogens (tertiary/aromatic N) is 5. The van der Waals surface area contributed by atoms with Gasteiger partial charge in [-0.05, 0) is 6.07 Å². The van der Waals surface area contributed by atoms with E-state index in [9.17, 15) is 4.79 Å². The van der Waals surface area contributed by atoms with Crippen molar-refractivity contribution >= 4 is 11.6 Å². The zero-order valence-electron chi connectivity index (χ0n) is 8.53. The van der Waals surface area contributed by atoms with Crippen molar-refractivity contribution in [3.8, 4) is 11.9 Å². The number of nitrogens with two attached hydrogens (primary N) is 2. The Bertz CT molecular complexity index is 625. The van der Waals surface area contributed by atoms with Gasteiger partial charge < -0.3 is 11.5 Å². The van der Waals surface area contributed by atoms with Crippen LogP contribution < -0.4 is 11.5 Å². The van der Waals surface area contributed by atoms with Gasteiger partial charge in [-0.3, -0.25) is 4.79 Å². The van der Waals surface area contributed by atoms with E-state index in [1.54, 1.807) is 0 Å². The number of aromatic nitrogens is 4. The van der Waals surface area contributed by atoms with E-state index in [1.165, 1.54) is 23.1 Å². The number of hydrogen-bond donors (Lipinski definition) is 2. The molecule has 84 valence electrons. The molecule has 0 aliphatic heterocycles. The summed E-state index contributed by atoms with van der Waals surface area (Å²) in [6.45, 7) is 0. The van der Waals surface area contributed by atoms with E-state index in [0.717, 1.165) is 0 Å². The second-order valence-corrected chi connectivity index (χ2v) is 3.12. The molecule has 0 radical (unpaired) electrons. The molecule has 8 heteroatoms. The molecule has 2 heterocycles. The summed E-state index contributed by atoms with van der Waals surface area (Å²) in [6, 6.07) is 3.41. The number of rotatable bonds is 2. The normalized spacial score (nSPS) is 9.82. The standard InChI is InChI=1S/C9H7N7O/c10-3-5-1-2-13-14-9(5)16-4-6(11)7(15-16)8(12)17/h1-2,4H,11H2,(H2,12,17). The molecule has 0 saturated heterocycles. The van der Waals surface area contributed by atoms with Crippen molar-refractivity contribution in [3.05, 3.63) is 29.7 Å². The summed E-state index contributed by atoms with van der Waals surface area (Å²) < 4.78 is 1.20. The van der Waals surface area contributed by atoms with Crippen LogP contribution in [0.2, 0.25) is 0 Å². The number of amides is 1. The van der Waals surface area contributed by atoms with Crippen LogP contribution in [0.25, 0.3) is 5.82 Å². The van der Waals surface area contributed by atoms with Crippen molar-refractivity contribution in [2.45, 2.75) is 0 Å². The average Bonchev–Trinajstić information content (AvgIpc) is 2.71. The highest BCUT2D eigenvalue weighted by molar-refractivity contribution is 5.95. The number of carbonyl (C=O) groups excluding carboxylic acids is 1. The van der Waals surface area contributed by atoms with Gasteiger partial charge in [0, 0.05) is 0 Å². The maximum Gasteiger partial charge on any atom is 0.271 e. The molecule has 0 bridgehead atoms. The molecule has 17 heavy (non-hydrogen) atoms. The van der Waals surface area contributed by atoms with Crippen LogP contribution in [0.4, 0.5) is 5.69 Å². The van der Waals surface area contributed by atoms with Crippen LogP contribution in [0.15, 0.2) is 18.5 Å². The lowest BCUT2D eigenvalue weighted by molar-refractivity contribution is 0.0996. The predicted molar refractivity (Wildman–Crippen MR) is 56.8 cm³/mol. The molecule has 0 saturated carbocycles. The minimum Gasteiger partial charge on any atom is -0.396 e. The fourth-order valence-electron chi connectivity index (χ4n) is 1.27. The summed E-state index contributed by atoms with van der Waals surface area (Å²) in [5.74, 6) is -0.558. The van der Waals surface area contributed by atoms with Crippen molar-refractivity contribution in [1.29, 1.82) is 5.26 Å². The van der Waals surface area contributed by atoms with Gasteiger partial charge in [0.2, 0.25) is 0 Å². The van der Waals surface area contributed by atoms with Crippen molar-refractivity contribution in [2.75, 3.05) is 5.73 Å². The topological polar surface area (TPSA) is 136 Å². The van der Waals surface area contributed by atoms with E-state index in [-0.39, 0.29) is 22.8 Å². The fourth-order valence-corrected chi connectivity index (χ4v) is 1.27. The summed E-state index contributed by atoms with van der Waals surface area (Å²) in [5.41, 5.74) is 10.9. The lowest BCUT2D eigenvalue weighted by Crippen LogP contribution is -2.14. The summed E-state index contributed by atoms with van der Waals surface area (Å²) in [4.78, 5) is 11.0. The highest BCUT2D eigenvalue weighted by Gasteiger charge is 2.14. The zero-order valence-corrected chi connectivity index (χ0v) is 8.53. The van der Waals surface area contributed by atoms with Crippen molar-refractivity contribution in [2.24, 2.45) is 5.73 Å². The molecule has 0 fully saturated rings. The first-order valence-corrected chi connectivity index (χ1v) is 4.50. The largest absolute Gasteiger partial charge is 0.396 e. The van der Waals surface area contributed by atoms with E-state index < -0.39 is 5.91 Å². The SMILES string of the molecule is N#Cc1ccnnc1-n1cc(N)c(C(N)=O)n1. The number of nitriles is 1. The van der Waals surface area contributed by atoms with Crippen LogP contribution in [0.5, 0.6) is 0 Å². The van der Waals surface area contributed by atoms with Crippen LogP contribution >= 0.6 is 0 Å². The van der Waals surface area contributed by atoms with E-state index in [1.807, 2.05) is 6.07 Å². The molecule has 0 aliphatic rings. The number of hydrogen-bond acceptors (Lipinski definition) is 6. The molecule has 0 spiro atoms. The van der Waals surface area contributed by atoms with Crippen LogP contribution in [0.3, 0.4) is 0 Å². The monoisotopic (exact) mass is 229 g/mol. The average molecular weight is 229 g/mol. The molecule has 0 atom stereocenters. The minimum atomic E-state index is -0.747. The quantitative estimate of drug-likeness (QED) is 0.692. The Morgan fingerprint density at radius 2 is 2.29 bits per heavy atom. The van der Waals surface area contributed by atoms with Gasteiger partial charge >= 0.3 is 0 Å². The van der Waals surface area contributed by atoms with Crippen molar-refractivity contribution < 1.29 is 4.79 Å². The maximum absolute atomic E-state index is 11.0. The van der Waals surface area contributed by atoms with Gasteiger partial charge in [0.25, 0.3) is 5.91 Å². The van der Waals surface area contributed by atoms with Crippen LogP contribution in [0.1, 0.15) is 16.1 Å². The fraction of sp³-hybridized carbons (Fsp3) is 0. The molecule has 1 amide bonds. The molecular weight excluding hydrogens is 222 g/mol. The Kier molecular flexibility index (Phi) is 2.42. The lowest BCUT2D eigenvalue weighted by atomic mass is 10.3. The number of carbonyl (C=O) groups is 1. The number of nitrogen functional groups attached to an aromatic ring is 1. The van der Waals surface area contributed by atoms with Crippen LogP contribution in [-0.2, 0) is 0 Å². The third-order valence-corrected chi connectivity index (χ3v) is 2.01. The van der Waals surface area contributed by atoms with E-state index >= 15 is 0 Å². The van der Waals surface area contributed by atoms with Gasteiger partial charge in [-0.25, -0.2) is 4.68 Å². The first-order valence-electron chi connectivity index (χ1n) is 4.50. The predicted octanol–water partition coefficient (Wildman–Crippen LogP) is -0.785. The molecule has 0 aliphatic carbocycles. The summed E-state index contributed by atoms with van der Waals surface area (Å²) in [7, 11) is 0. The Labute approximate surface area is 95.5 Å². The Balaban J connectivity index is 2.58. The highest BCUT2D eigenvalue weighted by atomic mass is 16.1. The third-order valence-electron chi connectivity index (χ3n) is 2.01. The summed E-state index contributed by atoms with van der Waals surface area (Å²) in [6.07, 6.45) is 2.73. The van der Waals surface area contributed by atoms with Crippen molar-refractivity contribution in [1.82, 2.24) is 20.0 Å². The van der Waals surface area contributed by atoms with Gasteiger partial charge in [-0.15, -0.1) is 5.10 Å². The van der Waals surface area contributed by atoms with E-state index in [0.29, 0.717) is 0 Å². The molecule has 2 aromatic rings. The molecule has 8 nitrogen and oxygen atoms in total. The Morgan fingerprint density at radius 3 is 2.88 bits per heavy atom. The zero-order chi connectivity index (χ0) is 12.4. The Hall–Kier alpha value is -2.95. The van der Waals surface area contributed by atoms with Crippen LogP contribution in [-0.4, -0.2) is 25.9 Å². The Morgan fingerprint density at radius 1 is 1.53 bits per heavy atom. The van der Waals surface area contributed by atoms with E-state index in [2.05, 4.69) is 15.3 Å². The molecule has 4 N–H and O–H groups in total. The smallest absolute Gasteiger partial charge is 0.271 e. The van der Waals surface area contributed by atoms with E-state index in [4.69, 9.17) is 16.7 Å². The third kappa shape index (κ3) is 1.76. The highest BCUT2D eigenvalue weighted by Crippen LogP contribution is 2.14. The van der Waals surface area contributed by atoms with Gasteiger partial charge in [0.05, 0.1) is 18.1 Å². The molecule has 2 aromatic heterocycles. The molecular formula is C9H7N7O. The number of anilines is 1. The van der Waals surface area contributed by atoms with Gasteiger partial charge in [-0.2, -0.15) is 15.5 Å². The first-order chi connectivity index (χ1) is 8.13. The maximum atomic E-state index is 11.0. The van der Waals surface area contributed by atoms with Crippen molar-refractivity contribution in [3.63, 3.8) is 0 Å². The van der Waals surface area contributed by atoms with Gasteiger partial charge in [0.15, 0.2) is 11.5 Å². The molecule has 0 unspecified atom stereocenters. The summed E-state index contributed by atoms with van der Waals surface area (Å²) in [5, 5.41) is 20.1. The second-order valence-electron chi connectivity index (χ2n) is 3.12. The van der Waals surface area contributed by atoms with Gasteiger partial charge in [-0.1, -0.05) is 0 Å². The van der Waals surface area contributed by atoms with Crippen LogP contribution in [0, 0.1) is 11.3 Å². The first kappa shape index (κ1) is 10.6. The molecule has 0 aromatic carbocycles. The second kappa shape index (κ2) is 3.90. The lowest BCUT2D eigenvalue weighted by Gasteiger charge is -1.99. The molecule has 2 rings (SSSR count). The summed E-state index contributed by atoms with van der Waals surface area (Å²) >= 11 is 0.